The summed E-state index contributed by atoms with van der Waals surface area (Å²) in [6.07, 6.45) is 1.34. The quantitative estimate of drug-likeness (QED) is 0.780. The molecule has 80 valence electrons. The van der Waals surface area contributed by atoms with Crippen LogP contribution in [-0.2, 0) is 0 Å². The summed E-state index contributed by atoms with van der Waals surface area (Å²) in [4.78, 5) is 4.67. The molecule has 0 bridgehead atoms. The van der Waals surface area contributed by atoms with E-state index in [0.717, 1.165) is 11.4 Å². The van der Waals surface area contributed by atoms with Crippen molar-refractivity contribution in [3.05, 3.63) is 24.3 Å². The van der Waals surface area contributed by atoms with E-state index in [1.807, 2.05) is 36.0 Å². The molecule has 0 unspecified atom stereocenters. The van der Waals surface area contributed by atoms with Crippen LogP contribution in [-0.4, -0.2) is 31.8 Å². The zero-order chi connectivity index (χ0) is 10.5. The molecule has 0 radical (unpaired) electrons. The Morgan fingerprint density at radius 1 is 1.40 bits per heavy atom. The van der Waals surface area contributed by atoms with Crippen LogP contribution in [0.25, 0.3) is 0 Å². The van der Waals surface area contributed by atoms with Gasteiger partial charge < -0.3 is 0 Å². The molecule has 15 heavy (non-hydrogen) atoms. The molecule has 4 heteroatoms. The van der Waals surface area contributed by atoms with Gasteiger partial charge in [-0.15, -0.1) is 0 Å². The van der Waals surface area contributed by atoms with Crippen LogP contribution in [0.15, 0.2) is 29.3 Å². The first-order valence-electron chi connectivity index (χ1n) is 4.87. The number of nitrogens with zero attached hydrogens (tertiary/aromatic N) is 1. The molecule has 0 aliphatic carbocycles. The summed E-state index contributed by atoms with van der Waals surface area (Å²) in [5.41, 5.74) is 0.964. The Hall–Kier alpha value is -0.441. The number of ether oxygens (including phenoxy) is 1. The molecule has 0 aromatic heterocycles. The fraction of sp³-hybridized carbons (Fsp3) is 0.364. The van der Waals surface area contributed by atoms with Gasteiger partial charge in [-0.2, -0.15) is 0 Å². The standard InChI is InChI=1S/C11H13NOSSe/c1-13-10-6-3-2-5-9(10)12-11-14-7-4-8-15-11/h2-3,5-6H,4,7-8H2,1H3. The van der Waals surface area contributed by atoms with Crippen LogP contribution < -0.4 is 4.74 Å². The van der Waals surface area contributed by atoms with E-state index in [2.05, 4.69) is 4.99 Å². The van der Waals surface area contributed by atoms with Gasteiger partial charge in [-0.25, -0.2) is 0 Å². The van der Waals surface area contributed by atoms with Gasteiger partial charge in [-0.1, -0.05) is 0 Å². The van der Waals surface area contributed by atoms with Crippen molar-refractivity contribution in [2.45, 2.75) is 11.7 Å². The predicted molar refractivity (Wildman–Crippen MR) is 67.7 cm³/mol. The fourth-order valence-electron chi connectivity index (χ4n) is 1.30. The third kappa shape index (κ3) is 3.00. The maximum absolute atomic E-state index is 5.28. The maximum atomic E-state index is 5.28. The first-order chi connectivity index (χ1) is 7.40. The number of hydrogen-bond donors (Lipinski definition) is 0. The van der Waals surface area contributed by atoms with Crippen molar-refractivity contribution in [2.24, 2.45) is 4.99 Å². The van der Waals surface area contributed by atoms with Crippen LogP contribution in [0.4, 0.5) is 5.69 Å². The Labute approximate surface area is 101 Å². The van der Waals surface area contributed by atoms with Crippen molar-refractivity contribution in [2.75, 3.05) is 12.9 Å². The van der Waals surface area contributed by atoms with Gasteiger partial charge >= 0.3 is 101 Å². The van der Waals surface area contributed by atoms with Crippen LogP contribution in [0.1, 0.15) is 6.42 Å². The van der Waals surface area contributed by atoms with E-state index in [1.165, 1.54) is 21.4 Å². The molecule has 0 N–H and O–H groups in total. The minimum atomic E-state index is 0.573. The predicted octanol–water partition coefficient (Wildman–Crippen LogP) is 2.94. The zero-order valence-corrected chi connectivity index (χ0v) is 11.1. The van der Waals surface area contributed by atoms with E-state index >= 15 is 0 Å². The Balaban J connectivity index is 2.21. The average molecular weight is 286 g/mol. The molecule has 1 heterocycles. The second-order valence-electron chi connectivity index (χ2n) is 3.10. The van der Waals surface area contributed by atoms with E-state index in [9.17, 15) is 0 Å². The number of thioether (sulfide) groups is 1. The summed E-state index contributed by atoms with van der Waals surface area (Å²) in [5.74, 6) is 2.09. The summed E-state index contributed by atoms with van der Waals surface area (Å²) < 4.78 is 6.58. The van der Waals surface area contributed by atoms with E-state index in [4.69, 9.17) is 4.74 Å². The number of aliphatic imine (C=N–C) groups is 1. The van der Waals surface area contributed by atoms with Crippen molar-refractivity contribution >= 4 is 36.3 Å². The normalized spacial score (nSPS) is 19.1. The molecular formula is C11H13NOSSe. The van der Waals surface area contributed by atoms with E-state index < -0.39 is 0 Å². The van der Waals surface area contributed by atoms with Crippen molar-refractivity contribution in [3.63, 3.8) is 0 Å². The molecule has 0 spiro atoms. The molecule has 2 nitrogen and oxygen atoms in total. The topological polar surface area (TPSA) is 21.6 Å². The van der Waals surface area contributed by atoms with Gasteiger partial charge in [0.15, 0.2) is 0 Å². The second kappa shape index (κ2) is 5.59. The zero-order valence-electron chi connectivity index (χ0n) is 8.60. The van der Waals surface area contributed by atoms with Gasteiger partial charge in [0.2, 0.25) is 0 Å². The van der Waals surface area contributed by atoms with E-state index in [-0.39, 0.29) is 0 Å². The van der Waals surface area contributed by atoms with Crippen LogP contribution in [0.5, 0.6) is 5.75 Å². The number of benzene rings is 1. The van der Waals surface area contributed by atoms with Crippen molar-refractivity contribution in [1.82, 2.24) is 0 Å². The molecule has 1 saturated heterocycles. The Morgan fingerprint density at radius 2 is 2.27 bits per heavy atom. The molecule has 0 amide bonds. The summed E-state index contributed by atoms with van der Waals surface area (Å²) in [5, 5.41) is 1.33. The number of methoxy groups -OCH3 is 1. The second-order valence-corrected chi connectivity index (χ2v) is 7.04. The Bertz CT molecular complexity index is 359. The molecule has 1 aromatic rings. The molecule has 2 rings (SSSR count). The molecule has 1 aromatic carbocycles. The van der Waals surface area contributed by atoms with Gasteiger partial charge in [0.05, 0.1) is 0 Å². The van der Waals surface area contributed by atoms with Gasteiger partial charge in [-0.05, 0) is 0 Å². The summed E-state index contributed by atoms with van der Waals surface area (Å²) in [6.45, 7) is 0. The van der Waals surface area contributed by atoms with E-state index in [0.29, 0.717) is 15.0 Å². The third-order valence-corrected chi connectivity index (χ3v) is 5.97. The summed E-state index contributed by atoms with van der Waals surface area (Å²) >= 11 is 2.47. The van der Waals surface area contributed by atoms with E-state index in [1.54, 1.807) is 7.11 Å². The van der Waals surface area contributed by atoms with Gasteiger partial charge in [-0.3, -0.25) is 0 Å². The van der Waals surface area contributed by atoms with Crippen LogP contribution >= 0.6 is 11.8 Å². The molecule has 1 aliphatic heterocycles. The summed E-state index contributed by atoms with van der Waals surface area (Å²) in [7, 11) is 1.69. The summed E-state index contributed by atoms with van der Waals surface area (Å²) in [6, 6.07) is 7.95. The molecule has 1 fully saturated rings. The van der Waals surface area contributed by atoms with Crippen LogP contribution in [0.2, 0.25) is 5.32 Å². The first kappa shape index (κ1) is 11.1. The number of rotatable bonds is 2. The molecule has 0 atom stereocenters. The number of para-hydroxylation sites is 2. The average Bonchev–Trinajstić information content (AvgIpc) is 2.31. The minimum absolute atomic E-state index is 0.573. The Kier molecular flexibility index (Phi) is 4.12. The van der Waals surface area contributed by atoms with Crippen LogP contribution in [0.3, 0.4) is 0 Å². The fourth-order valence-corrected chi connectivity index (χ4v) is 5.22. The molecule has 1 aliphatic rings. The monoisotopic (exact) mass is 287 g/mol. The molecule has 0 saturated carbocycles. The van der Waals surface area contributed by atoms with Crippen molar-refractivity contribution < 1.29 is 4.74 Å². The first-order valence-corrected chi connectivity index (χ1v) is 7.93. The SMILES string of the molecule is COc1ccccc1N=C1SCCC[Se]1. The van der Waals surface area contributed by atoms with Crippen LogP contribution in [0, 0.1) is 0 Å². The Morgan fingerprint density at radius 3 is 3.00 bits per heavy atom. The van der Waals surface area contributed by atoms with Crippen molar-refractivity contribution in [1.29, 1.82) is 0 Å². The van der Waals surface area contributed by atoms with Crippen molar-refractivity contribution in [3.8, 4) is 5.75 Å². The third-order valence-electron chi connectivity index (χ3n) is 2.04. The van der Waals surface area contributed by atoms with Gasteiger partial charge in [0, 0.05) is 0 Å². The van der Waals surface area contributed by atoms with Gasteiger partial charge in [0.25, 0.3) is 0 Å². The van der Waals surface area contributed by atoms with Gasteiger partial charge in [0.1, 0.15) is 0 Å². The number of hydrogen-bond acceptors (Lipinski definition) is 3. The molecular weight excluding hydrogens is 273 g/mol.